The molecule has 0 bridgehead atoms. The van der Waals surface area contributed by atoms with Crippen LogP contribution in [0.3, 0.4) is 0 Å². The molecule has 0 fully saturated rings. The van der Waals surface area contributed by atoms with Gasteiger partial charge < -0.3 is 26.7 Å². The predicted octanol–water partition coefficient (Wildman–Crippen LogP) is 4.98. The second-order valence-electron chi connectivity index (χ2n) is 4.17. The molecule has 0 N–H and O–H groups in total. The Kier molecular flexibility index (Phi) is 18.5. The zero-order valence-corrected chi connectivity index (χ0v) is 16.4. The fourth-order valence-electron chi connectivity index (χ4n) is 2.02. The Hall–Kier alpha value is 0.345. The van der Waals surface area contributed by atoms with Crippen LogP contribution in [0, 0.1) is 28.4 Å². The summed E-state index contributed by atoms with van der Waals surface area (Å²) in [6.07, 6.45) is 9.12. The van der Waals surface area contributed by atoms with Gasteiger partial charge in [0.2, 0.25) is 0 Å². The average Bonchev–Trinajstić information content (AvgIpc) is 2.53. The van der Waals surface area contributed by atoms with Crippen LogP contribution in [0.25, 0.3) is 0 Å². The van der Waals surface area contributed by atoms with Crippen LogP contribution >= 0.6 is 0 Å². The first kappa shape index (κ1) is 26.8. The van der Waals surface area contributed by atoms with E-state index in [1.165, 1.54) is 17.2 Å². The molecule has 0 aromatic carbocycles. The van der Waals surface area contributed by atoms with Gasteiger partial charge >= 0.3 is 21.1 Å². The maximum absolute atomic E-state index is 5.90. The quantitative estimate of drug-likeness (QED) is 0.425. The molecule has 0 aliphatic heterocycles. The van der Waals surface area contributed by atoms with Gasteiger partial charge in [0, 0.05) is 6.61 Å². The molecule has 0 saturated carbocycles. The summed E-state index contributed by atoms with van der Waals surface area (Å²) in [5.41, 5.74) is 1.43. The normalized spacial score (nSPS) is 13.1. The molecule has 3 heteroatoms. The number of rotatable bonds is 5. The van der Waals surface area contributed by atoms with Crippen molar-refractivity contribution in [2.24, 2.45) is 0 Å². The van der Waals surface area contributed by atoms with E-state index in [4.69, 9.17) is 4.43 Å². The zero-order valence-electron chi connectivity index (χ0n) is 13.1. The molecule has 0 heterocycles. The fraction of sp³-hybridized carbons (Fsp3) is 0.533. The molecule has 1 nitrogen and oxygen atoms in total. The summed E-state index contributed by atoms with van der Waals surface area (Å²) in [6.45, 7) is 9.70. The third kappa shape index (κ3) is 7.06. The second-order valence-corrected chi connectivity index (χ2v) is 8.02. The van der Waals surface area contributed by atoms with Crippen LogP contribution in [0.1, 0.15) is 33.1 Å². The second kappa shape index (κ2) is 12.4. The molecule has 1 aliphatic carbocycles. The summed E-state index contributed by atoms with van der Waals surface area (Å²) in [5.74, 6) is 0. The monoisotopic (exact) mass is 449 g/mol. The van der Waals surface area contributed by atoms with Crippen LogP contribution in [-0.4, -0.2) is 14.9 Å². The minimum Gasteiger partial charge on any atom is -0.431 e. The summed E-state index contributed by atoms with van der Waals surface area (Å²) in [5, 5.41) is 1.49. The molecule has 0 aromatic heterocycles. The summed E-state index contributed by atoms with van der Waals surface area (Å²) >= 11 is 0. The Morgan fingerprint density at radius 3 is 2.22 bits per heavy atom. The molecule has 0 amide bonds. The minimum absolute atomic E-state index is 0. The van der Waals surface area contributed by atoms with Crippen LogP contribution in [-0.2, 0) is 25.5 Å². The molecule has 0 saturated heterocycles. The van der Waals surface area contributed by atoms with Crippen LogP contribution in [0.2, 0.25) is 13.1 Å². The van der Waals surface area contributed by atoms with Crippen molar-refractivity contribution in [1.29, 1.82) is 0 Å². The summed E-state index contributed by atoms with van der Waals surface area (Å²) < 4.78 is 5.90. The third-order valence-corrected chi connectivity index (χ3v) is 5.41. The van der Waals surface area contributed by atoms with Crippen molar-refractivity contribution in [3.05, 3.63) is 45.2 Å². The van der Waals surface area contributed by atoms with Crippen LogP contribution in [0.15, 0.2) is 16.8 Å². The van der Waals surface area contributed by atoms with Crippen molar-refractivity contribution in [3.63, 3.8) is 0 Å². The van der Waals surface area contributed by atoms with Crippen LogP contribution in [0.4, 0.5) is 0 Å². The summed E-state index contributed by atoms with van der Waals surface area (Å²) in [7, 11) is -1.61. The first-order chi connectivity index (χ1) is 6.61. The molecule has 0 unspecified atom stereocenters. The van der Waals surface area contributed by atoms with E-state index in [2.05, 4.69) is 39.1 Å². The maximum atomic E-state index is 5.90. The first-order valence-electron chi connectivity index (χ1n) is 5.56. The topological polar surface area (TPSA) is 9.23 Å². The van der Waals surface area contributed by atoms with Gasteiger partial charge in [0.25, 0.3) is 0 Å². The standard InChI is InChI=1S/C12H21OSi.3CH3.Pt/c1-5-8-11-9-7-10-12(11)14(3,4)13-6-2;;;;/h10H,5-8H2,1-4H3;3*1H3;/q4*-1;+4. The minimum atomic E-state index is -1.61. The van der Waals surface area contributed by atoms with Gasteiger partial charge in [-0.15, -0.1) is 6.42 Å². The molecular weight excluding hydrogens is 419 g/mol. The van der Waals surface area contributed by atoms with E-state index in [0.29, 0.717) is 0 Å². The smallest absolute Gasteiger partial charge is 0.431 e. The molecule has 18 heavy (non-hydrogen) atoms. The molecule has 110 valence electrons. The van der Waals surface area contributed by atoms with Gasteiger partial charge in [-0.1, -0.05) is 32.9 Å². The zero-order chi connectivity index (χ0) is 10.6. The first-order valence-corrected chi connectivity index (χ1v) is 8.47. The Bertz CT molecular complexity index is 257. The van der Waals surface area contributed by atoms with E-state index in [0.717, 1.165) is 19.4 Å². The van der Waals surface area contributed by atoms with Gasteiger partial charge in [0.1, 0.15) is 8.32 Å². The van der Waals surface area contributed by atoms with Crippen molar-refractivity contribution in [1.82, 2.24) is 0 Å². The van der Waals surface area contributed by atoms with E-state index in [1.807, 2.05) is 0 Å². The Morgan fingerprint density at radius 1 is 1.22 bits per heavy atom. The maximum Gasteiger partial charge on any atom is 4.00 e. The van der Waals surface area contributed by atoms with E-state index in [9.17, 15) is 0 Å². The van der Waals surface area contributed by atoms with Crippen LogP contribution in [0.5, 0.6) is 0 Å². The van der Waals surface area contributed by atoms with E-state index in [-0.39, 0.29) is 43.3 Å². The van der Waals surface area contributed by atoms with Gasteiger partial charge in [0.15, 0.2) is 0 Å². The van der Waals surface area contributed by atoms with Crippen molar-refractivity contribution in [2.45, 2.75) is 46.2 Å². The Morgan fingerprint density at radius 2 is 1.78 bits per heavy atom. The number of hydrogen-bond acceptors (Lipinski definition) is 1. The Balaban J connectivity index is -0.000000245. The largest absolute Gasteiger partial charge is 4.00 e. The third-order valence-electron chi connectivity index (χ3n) is 2.60. The molecule has 0 radical (unpaired) electrons. The van der Waals surface area contributed by atoms with Gasteiger partial charge in [-0.05, 0) is 6.92 Å². The average molecular weight is 450 g/mol. The van der Waals surface area contributed by atoms with Crippen molar-refractivity contribution in [3.8, 4) is 0 Å². The van der Waals surface area contributed by atoms with E-state index >= 15 is 0 Å². The van der Waals surface area contributed by atoms with Gasteiger partial charge in [-0.3, -0.25) is 6.08 Å². The SMILES string of the molecule is CCCC1=[C-]CC=C1[Si](C)(C)OCC.[CH3-].[CH3-].[CH3-].[Pt+4]. The van der Waals surface area contributed by atoms with Gasteiger partial charge in [0.05, 0.1) is 0 Å². The van der Waals surface area contributed by atoms with E-state index in [1.54, 1.807) is 0 Å². The molecule has 1 rings (SSSR count). The number of hydrogen-bond donors (Lipinski definition) is 0. The molecular formula is C15H30OPtSi. The van der Waals surface area contributed by atoms with Crippen molar-refractivity contribution in [2.75, 3.05) is 6.61 Å². The van der Waals surface area contributed by atoms with Crippen LogP contribution < -0.4 is 0 Å². The van der Waals surface area contributed by atoms with Crippen molar-refractivity contribution < 1.29 is 25.5 Å². The predicted molar refractivity (Wildman–Crippen MR) is 82.7 cm³/mol. The number of allylic oxidation sites excluding steroid dienone is 4. The van der Waals surface area contributed by atoms with E-state index < -0.39 is 8.32 Å². The van der Waals surface area contributed by atoms with Crippen molar-refractivity contribution >= 4 is 8.32 Å². The Labute approximate surface area is 131 Å². The van der Waals surface area contributed by atoms with Gasteiger partial charge in [-0.2, -0.15) is 11.3 Å². The summed E-state index contributed by atoms with van der Waals surface area (Å²) in [6, 6.07) is 0. The molecule has 0 aromatic rings. The molecule has 0 spiro atoms. The summed E-state index contributed by atoms with van der Waals surface area (Å²) in [4.78, 5) is 0. The fourth-order valence-corrected chi connectivity index (χ4v) is 4.43. The molecule has 0 atom stereocenters. The van der Waals surface area contributed by atoms with Gasteiger partial charge in [-0.25, -0.2) is 5.57 Å². The molecule has 1 aliphatic rings.